The van der Waals surface area contributed by atoms with Gasteiger partial charge >= 0.3 is 5.97 Å². The summed E-state index contributed by atoms with van der Waals surface area (Å²) in [4.78, 5) is 24.7. The average Bonchev–Trinajstić information content (AvgIpc) is 2.55. The molecule has 0 aliphatic carbocycles. The largest absolute Gasteiger partial charge is 0.478 e. The molecule has 0 saturated carbocycles. The van der Waals surface area contributed by atoms with Crippen LogP contribution >= 0.6 is 0 Å². The van der Waals surface area contributed by atoms with Crippen LogP contribution in [0.4, 0.5) is 0 Å². The van der Waals surface area contributed by atoms with Crippen molar-refractivity contribution in [1.82, 2.24) is 14.7 Å². The second-order valence-electron chi connectivity index (χ2n) is 4.07. The minimum Gasteiger partial charge on any atom is -0.478 e. The van der Waals surface area contributed by atoms with Gasteiger partial charge < -0.3 is 10.0 Å². The molecule has 0 aliphatic rings. The Kier molecular flexibility index (Phi) is 4.47. The van der Waals surface area contributed by atoms with E-state index in [1.165, 1.54) is 4.68 Å². The van der Waals surface area contributed by atoms with Crippen molar-refractivity contribution in [2.75, 3.05) is 13.1 Å². The first-order chi connectivity index (χ1) is 8.42. The number of likely N-dealkylation sites (N-methyl/N-ethyl adjacent to an activating group) is 1. The number of rotatable bonds is 5. The van der Waals surface area contributed by atoms with E-state index in [1.54, 1.807) is 18.7 Å². The summed E-state index contributed by atoms with van der Waals surface area (Å²) in [6.45, 7) is 8.48. The van der Waals surface area contributed by atoms with Crippen molar-refractivity contribution in [3.8, 4) is 0 Å². The molecule has 1 rings (SSSR count). The molecule has 0 saturated heterocycles. The quantitative estimate of drug-likeness (QED) is 0.851. The highest BCUT2D eigenvalue weighted by molar-refractivity contribution is 5.90. The molecule has 1 heterocycles. The van der Waals surface area contributed by atoms with E-state index in [9.17, 15) is 9.59 Å². The van der Waals surface area contributed by atoms with E-state index in [-0.39, 0.29) is 18.0 Å². The Bertz CT molecular complexity index is 461. The standard InChI is InChI=1S/C12H19N3O3/c1-5-14(6-2)10(16)7-15-9(4)11(12(17)18)8(3)13-15/h5-7H2,1-4H3,(H,17,18). The molecule has 0 radical (unpaired) electrons. The lowest BCUT2D eigenvalue weighted by Gasteiger charge is -2.18. The number of amides is 1. The van der Waals surface area contributed by atoms with Crippen LogP contribution in [0.25, 0.3) is 0 Å². The van der Waals surface area contributed by atoms with Gasteiger partial charge in [0.2, 0.25) is 5.91 Å². The molecule has 1 aromatic heterocycles. The highest BCUT2D eigenvalue weighted by Gasteiger charge is 2.20. The zero-order chi connectivity index (χ0) is 13.9. The number of hydrogen-bond acceptors (Lipinski definition) is 3. The normalized spacial score (nSPS) is 10.4. The molecule has 1 N–H and O–H groups in total. The Morgan fingerprint density at radius 3 is 2.22 bits per heavy atom. The maximum Gasteiger partial charge on any atom is 0.339 e. The van der Waals surface area contributed by atoms with Crippen LogP contribution in [0.3, 0.4) is 0 Å². The summed E-state index contributed by atoms with van der Waals surface area (Å²) in [5.74, 6) is -1.06. The lowest BCUT2D eigenvalue weighted by molar-refractivity contribution is -0.131. The van der Waals surface area contributed by atoms with E-state index >= 15 is 0 Å². The fourth-order valence-electron chi connectivity index (χ4n) is 1.96. The SMILES string of the molecule is CCN(CC)C(=O)Cn1nc(C)c(C(=O)O)c1C. The van der Waals surface area contributed by atoms with Crippen LogP contribution in [-0.4, -0.2) is 44.8 Å². The molecule has 0 unspecified atom stereocenters. The summed E-state index contributed by atoms with van der Waals surface area (Å²) in [6.07, 6.45) is 0. The predicted molar refractivity (Wildman–Crippen MR) is 66.6 cm³/mol. The number of carboxylic acids is 1. The zero-order valence-corrected chi connectivity index (χ0v) is 11.2. The van der Waals surface area contributed by atoms with Gasteiger partial charge in [-0.3, -0.25) is 9.48 Å². The molecule has 6 nitrogen and oxygen atoms in total. The highest BCUT2D eigenvalue weighted by atomic mass is 16.4. The molecule has 0 bridgehead atoms. The van der Waals surface area contributed by atoms with Crippen LogP contribution in [0.1, 0.15) is 35.6 Å². The molecular formula is C12H19N3O3. The van der Waals surface area contributed by atoms with E-state index in [2.05, 4.69) is 5.10 Å². The smallest absolute Gasteiger partial charge is 0.339 e. The van der Waals surface area contributed by atoms with E-state index < -0.39 is 5.97 Å². The number of aromatic carboxylic acids is 1. The van der Waals surface area contributed by atoms with Gasteiger partial charge in [-0.2, -0.15) is 5.10 Å². The molecule has 1 aromatic rings. The van der Waals surface area contributed by atoms with Gasteiger partial charge in [0.15, 0.2) is 0 Å². The van der Waals surface area contributed by atoms with Crippen molar-refractivity contribution in [3.05, 3.63) is 17.0 Å². The summed E-state index contributed by atoms with van der Waals surface area (Å²) in [5.41, 5.74) is 1.13. The minimum atomic E-state index is -1.01. The van der Waals surface area contributed by atoms with Crippen molar-refractivity contribution in [2.45, 2.75) is 34.2 Å². The van der Waals surface area contributed by atoms with Crippen LogP contribution in [0.2, 0.25) is 0 Å². The maximum atomic E-state index is 11.9. The van der Waals surface area contributed by atoms with Gasteiger partial charge in [-0.1, -0.05) is 0 Å². The molecule has 0 aliphatic heterocycles. The first-order valence-electron chi connectivity index (χ1n) is 5.97. The summed E-state index contributed by atoms with van der Waals surface area (Å²) in [7, 11) is 0. The summed E-state index contributed by atoms with van der Waals surface area (Å²) in [5, 5.41) is 13.2. The first-order valence-corrected chi connectivity index (χ1v) is 5.97. The molecule has 1 amide bonds. The van der Waals surface area contributed by atoms with Crippen molar-refractivity contribution in [3.63, 3.8) is 0 Å². The summed E-state index contributed by atoms with van der Waals surface area (Å²) < 4.78 is 1.46. The molecule has 0 spiro atoms. The molecular weight excluding hydrogens is 234 g/mol. The van der Waals surface area contributed by atoms with Crippen LogP contribution in [0.5, 0.6) is 0 Å². The number of carboxylic acid groups (broad SMARTS) is 1. The Hall–Kier alpha value is -1.85. The van der Waals surface area contributed by atoms with Gasteiger partial charge in [0.1, 0.15) is 12.1 Å². The molecule has 0 aromatic carbocycles. The van der Waals surface area contributed by atoms with Crippen LogP contribution in [0, 0.1) is 13.8 Å². The lowest BCUT2D eigenvalue weighted by atomic mass is 10.2. The highest BCUT2D eigenvalue weighted by Crippen LogP contribution is 2.13. The van der Waals surface area contributed by atoms with Gasteiger partial charge in [0, 0.05) is 13.1 Å². The van der Waals surface area contributed by atoms with Crippen molar-refractivity contribution in [2.24, 2.45) is 0 Å². The van der Waals surface area contributed by atoms with Gasteiger partial charge in [0.05, 0.1) is 11.4 Å². The van der Waals surface area contributed by atoms with E-state index in [4.69, 9.17) is 5.11 Å². The molecule has 6 heteroatoms. The zero-order valence-electron chi connectivity index (χ0n) is 11.2. The monoisotopic (exact) mass is 253 g/mol. The molecule has 100 valence electrons. The summed E-state index contributed by atoms with van der Waals surface area (Å²) in [6, 6.07) is 0. The third kappa shape index (κ3) is 2.69. The average molecular weight is 253 g/mol. The Labute approximate surface area is 106 Å². The molecule has 0 atom stereocenters. The molecule has 0 fully saturated rings. The number of nitrogens with zero attached hydrogens (tertiary/aromatic N) is 3. The van der Waals surface area contributed by atoms with Crippen molar-refractivity contribution >= 4 is 11.9 Å². The van der Waals surface area contributed by atoms with Crippen molar-refractivity contribution in [1.29, 1.82) is 0 Å². The Morgan fingerprint density at radius 2 is 1.83 bits per heavy atom. The number of aryl methyl sites for hydroxylation is 1. The molecule has 18 heavy (non-hydrogen) atoms. The number of carbonyl (C=O) groups excluding carboxylic acids is 1. The first kappa shape index (κ1) is 14.2. The van der Waals surface area contributed by atoms with Crippen LogP contribution < -0.4 is 0 Å². The van der Waals surface area contributed by atoms with Crippen LogP contribution in [0.15, 0.2) is 0 Å². The number of hydrogen-bond donors (Lipinski definition) is 1. The number of carbonyl (C=O) groups is 2. The Balaban J connectivity index is 2.96. The summed E-state index contributed by atoms with van der Waals surface area (Å²) >= 11 is 0. The van der Waals surface area contributed by atoms with Gasteiger partial charge in [-0.15, -0.1) is 0 Å². The lowest BCUT2D eigenvalue weighted by Crippen LogP contribution is -2.34. The van der Waals surface area contributed by atoms with Crippen molar-refractivity contribution < 1.29 is 14.7 Å². The van der Waals surface area contributed by atoms with Gasteiger partial charge in [-0.25, -0.2) is 4.79 Å². The van der Waals surface area contributed by atoms with Crippen LogP contribution in [-0.2, 0) is 11.3 Å². The second kappa shape index (κ2) is 5.66. The van der Waals surface area contributed by atoms with Gasteiger partial charge in [-0.05, 0) is 27.7 Å². The topological polar surface area (TPSA) is 75.4 Å². The van der Waals surface area contributed by atoms with E-state index in [0.717, 1.165) is 0 Å². The maximum absolute atomic E-state index is 11.9. The fraction of sp³-hybridized carbons (Fsp3) is 0.583. The number of aromatic nitrogens is 2. The van der Waals surface area contributed by atoms with E-state index in [1.807, 2.05) is 13.8 Å². The third-order valence-electron chi connectivity index (χ3n) is 3.00. The third-order valence-corrected chi connectivity index (χ3v) is 3.00. The fourth-order valence-corrected chi connectivity index (χ4v) is 1.96. The Morgan fingerprint density at radius 1 is 1.28 bits per heavy atom. The minimum absolute atomic E-state index is 0.0532. The van der Waals surface area contributed by atoms with E-state index in [0.29, 0.717) is 24.5 Å². The predicted octanol–water partition coefficient (Wildman–Crippen LogP) is 1.07. The van der Waals surface area contributed by atoms with Gasteiger partial charge in [0.25, 0.3) is 0 Å². The second-order valence-corrected chi connectivity index (χ2v) is 4.07.